The Bertz CT molecular complexity index is 750. The summed E-state index contributed by atoms with van der Waals surface area (Å²) in [6.45, 7) is 0.350. The van der Waals surface area contributed by atoms with Crippen molar-refractivity contribution in [3.63, 3.8) is 0 Å². The lowest BCUT2D eigenvalue weighted by molar-refractivity contribution is -0.136. The van der Waals surface area contributed by atoms with Crippen molar-refractivity contribution in [2.45, 2.75) is 12.7 Å². The molecule has 0 saturated heterocycles. The van der Waals surface area contributed by atoms with Crippen LogP contribution in [0.5, 0.6) is 0 Å². The molecular weight excluding hydrogens is 281 g/mol. The van der Waals surface area contributed by atoms with E-state index in [2.05, 4.69) is 20.3 Å². The highest BCUT2D eigenvalue weighted by Crippen LogP contribution is 2.37. The van der Waals surface area contributed by atoms with Crippen molar-refractivity contribution < 1.29 is 13.2 Å². The molecule has 0 aliphatic heterocycles. The Morgan fingerprint density at radius 3 is 2.76 bits per heavy atom. The molecule has 3 aromatic rings. The van der Waals surface area contributed by atoms with E-state index >= 15 is 0 Å². The molecule has 0 bridgehead atoms. The van der Waals surface area contributed by atoms with Crippen LogP contribution in [0.1, 0.15) is 11.1 Å². The Kier molecular flexibility index (Phi) is 3.25. The van der Waals surface area contributed by atoms with E-state index < -0.39 is 11.7 Å². The van der Waals surface area contributed by atoms with Crippen molar-refractivity contribution in [3.05, 3.63) is 54.1 Å². The first-order valence-corrected chi connectivity index (χ1v) is 6.22. The van der Waals surface area contributed by atoms with Crippen molar-refractivity contribution >= 4 is 16.7 Å². The highest BCUT2D eigenvalue weighted by molar-refractivity contribution is 5.93. The fourth-order valence-corrected chi connectivity index (χ4v) is 2.12. The summed E-state index contributed by atoms with van der Waals surface area (Å²) in [5, 5.41) is 2.98. The van der Waals surface area contributed by atoms with Crippen molar-refractivity contribution in [2.75, 3.05) is 5.32 Å². The van der Waals surface area contributed by atoms with Crippen LogP contribution in [0.25, 0.3) is 10.9 Å². The van der Waals surface area contributed by atoms with Crippen LogP contribution in [0.3, 0.4) is 0 Å². The number of aromatic nitrogens is 3. The van der Waals surface area contributed by atoms with Crippen molar-refractivity contribution in [1.29, 1.82) is 0 Å². The molecule has 3 rings (SSSR count). The van der Waals surface area contributed by atoms with E-state index in [0.29, 0.717) is 12.1 Å². The Balaban J connectivity index is 1.97. The maximum atomic E-state index is 13.0. The lowest BCUT2D eigenvalue weighted by Crippen LogP contribution is -2.07. The number of hydrogen-bond donors (Lipinski definition) is 2. The summed E-state index contributed by atoms with van der Waals surface area (Å²) in [5.41, 5.74) is 0.533. The standard InChI is InChI=1S/C14H11F3N4/c15-14(16,17)10-8-20-11-3-5-19-13(12(10)11)21-7-9-2-1-4-18-6-9/h1-6,8,20H,7H2,(H,19,21). The molecule has 108 valence electrons. The fourth-order valence-electron chi connectivity index (χ4n) is 2.12. The van der Waals surface area contributed by atoms with Gasteiger partial charge >= 0.3 is 6.18 Å². The van der Waals surface area contributed by atoms with E-state index in [9.17, 15) is 13.2 Å². The van der Waals surface area contributed by atoms with Gasteiger partial charge in [0.15, 0.2) is 0 Å². The van der Waals surface area contributed by atoms with Crippen LogP contribution in [0, 0.1) is 0 Å². The quantitative estimate of drug-likeness (QED) is 0.775. The van der Waals surface area contributed by atoms with Gasteiger partial charge in [-0.1, -0.05) is 6.07 Å². The molecule has 0 radical (unpaired) electrons. The summed E-state index contributed by atoms with van der Waals surface area (Å²) < 4.78 is 39.0. The molecule has 0 aliphatic rings. The molecule has 4 nitrogen and oxygen atoms in total. The number of alkyl halides is 3. The number of pyridine rings is 2. The number of rotatable bonds is 3. The fraction of sp³-hybridized carbons (Fsp3) is 0.143. The van der Waals surface area contributed by atoms with Gasteiger partial charge in [0, 0.05) is 31.3 Å². The molecule has 3 heterocycles. The first kappa shape index (κ1) is 13.4. The van der Waals surface area contributed by atoms with E-state index in [0.717, 1.165) is 11.8 Å². The number of anilines is 1. The summed E-state index contributed by atoms with van der Waals surface area (Å²) in [6, 6.07) is 5.12. The number of aromatic amines is 1. The highest BCUT2D eigenvalue weighted by atomic mass is 19.4. The second-order valence-corrected chi connectivity index (χ2v) is 4.50. The topological polar surface area (TPSA) is 53.6 Å². The third-order valence-corrected chi connectivity index (χ3v) is 3.08. The average molecular weight is 292 g/mol. The molecular formula is C14H11F3N4. The summed E-state index contributed by atoms with van der Waals surface area (Å²) in [7, 11) is 0. The minimum atomic E-state index is -4.42. The average Bonchev–Trinajstić information content (AvgIpc) is 2.91. The van der Waals surface area contributed by atoms with Gasteiger partial charge in [-0.25, -0.2) is 4.98 Å². The molecule has 21 heavy (non-hydrogen) atoms. The molecule has 0 fully saturated rings. The van der Waals surface area contributed by atoms with Gasteiger partial charge < -0.3 is 10.3 Å². The lowest BCUT2D eigenvalue weighted by atomic mass is 10.2. The minimum Gasteiger partial charge on any atom is -0.365 e. The van der Waals surface area contributed by atoms with E-state index in [-0.39, 0.29) is 11.2 Å². The normalized spacial score (nSPS) is 11.8. The smallest absolute Gasteiger partial charge is 0.365 e. The molecule has 0 amide bonds. The zero-order chi connectivity index (χ0) is 14.9. The summed E-state index contributed by atoms with van der Waals surface area (Å²) >= 11 is 0. The third kappa shape index (κ3) is 2.67. The zero-order valence-corrected chi connectivity index (χ0v) is 10.8. The Labute approximate surface area is 118 Å². The van der Waals surface area contributed by atoms with E-state index in [4.69, 9.17) is 0 Å². The molecule has 0 atom stereocenters. The maximum absolute atomic E-state index is 13.0. The molecule has 0 saturated carbocycles. The Hall–Kier alpha value is -2.57. The van der Waals surface area contributed by atoms with Crippen LogP contribution in [0.4, 0.5) is 19.0 Å². The summed E-state index contributed by atoms with van der Waals surface area (Å²) in [6.07, 6.45) is 1.28. The predicted octanol–water partition coefficient (Wildman–Crippen LogP) is 3.59. The second kappa shape index (κ2) is 5.08. The van der Waals surface area contributed by atoms with E-state index in [1.165, 1.54) is 12.3 Å². The maximum Gasteiger partial charge on any atom is 0.418 e. The number of hydrogen-bond acceptors (Lipinski definition) is 3. The van der Waals surface area contributed by atoms with Crippen LogP contribution in [0.2, 0.25) is 0 Å². The monoisotopic (exact) mass is 292 g/mol. The Morgan fingerprint density at radius 2 is 2.05 bits per heavy atom. The SMILES string of the molecule is FC(F)(F)c1c[nH]c2ccnc(NCc3cccnc3)c12. The number of halogens is 3. The summed E-state index contributed by atoms with van der Waals surface area (Å²) in [5.74, 6) is 0.199. The second-order valence-electron chi connectivity index (χ2n) is 4.50. The molecule has 3 aromatic heterocycles. The van der Waals surface area contributed by atoms with Crippen LogP contribution >= 0.6 is 0 Å². The van der Waals surface area contributed by atoms with Gasteiger partial charge in [0.1, 0.15) is 5.82 Å². The van der Waals surface area contributed by atoms with Crippen LogP contribution < -0.4 is 5.32 Å². The minimum absolute atomic E-state index is 0.0499. The number of nitrogens with one attached hydrogen (secondary N) is 2. The largest absolute Gasteiger partial charge is 0.418 e. The van der Waals surface area contributed by atoms with Gasteiger partial charge in [-0.2, -0.15) is 13.2 Å². The first-order valence-electron chi connectivity index (χ1n) is 6.22. The number of nitrogens with zero attached hydrogens (tertiary/aromatic N) is 2. The van der Waals surface area contributed by atoms with Crippen LogP contribution in [-0.2, 0) is 12.7 Å². The molecule has 7 heteroatoms. The molecule has 0 aromatic carbocycles. The van der Waals surface area contributed by atoms with Crippen LogP contribution in [0.15, 0.2) is 43.0 Å². The van der Waals surface area contributed by atoms with Gasteiger partial charge in [0.05, 0.1) is 16.5 Å². The molecule has 2 N–H and O–H groups in total. The summed E-state index contributed by atoms with van der Waals surface area (Å²) in [4.78, 5) is 10.6. The third-order valence-electron chi connectivity index (χ3n) is 3.08. The van der Waals surface area contributed by atoms with Crippen LogP contribution in [-0.4, -0.2) is 15.0 Å². The number of H-pyrrole nitrogens is 1. The molecule has 0 aliphatic carbocycles. The zero-order valence-electron chi connectivity index (χ0n) is 10.8. The molecule has 0 unspecified atom stereocenters. The van der Waals surface area contributed by atoms with Gasteiger partial charge in [-0.05, 0) is 17.7 Å². The number of fused-ring (bicyclic) bond motifs is 1. The van der Waals surface area contributed by atoms with Gasteiger partial charge in [-0.15, -0.1) is 0 Å². The van der Waals surface area contributed by atoms with Crippen molar-refractivity contribution in [2.24, 2.45) is 0 Å². The van der Waals surface area contributed by atoms with E-state index in [1.54, 1.807) is 18.5 Å². The Morgan fingerprint density at radius 1 is 1.19 bits per heavy atom. The van der Waals surface area contributed by atoms with Gasteiger partial charge in [0.2, 0.25) is 0 Å². The van der Waals surface area contributed by atoms with E-state index in [1.807, 2.05) is 6.07 Å². The molecule has 0 spiro atoms. The van der Waals surface area contributed by atoms with Crippen molar-refractivity contribution in [3.8, 4) is 0 Å². The highest BCUT2D eigenvalue weighted by Gasteiger charge is 2.34. The van der Waals surface area contributed by atoms with Gasteiger partial charge in [0.25, 0.3) is 0 Å². The predicted molar refractivity (Wildman–Crippen MR) is 72.7 cm³/mol. The first-order chi connectivity index (χ1) is 10.1. The van der Waals surface area contributed by atoms with Crippen molar-refractivity contribution in [1.82, 2.24) is 15.0 Å². The van der Waals surface area contributed by atoms with Gasteiger partial charge in [-0.3, -0.25) is 4.98 Å². The lowest BCUT2D eigenvalue weighted by Gasteiger charge is -2.10.